The lowest BCUT2D eigenvalue weighted by atomic mass is 10.0. The summed E-state index contributed by atoms with van der Waals surface area (Å²) < 4.78 is 0. The van der Waals surface area contributed by atoms with E-state index in [4.69, 9.17) is 0 Å². The van der Waals surface area contributed by atoms with Crippen LogP contribution in [0.2, 0.25) is 0 Å². The average Bonchev–Trinajstić information content (AvgIpc) is 3.12. The van der Waals surface area contributed by atoms with Crippen molar-refractivity contribution in [3.05, 3.63) is 77.0 Å². The first kappa shape index (κ1) is 13.5. The van der Waals surface area contributed by atoms with Crippen LogP contribution in [-0.2, 0) is 4.79 Å². The summed E-state index contributed by atoms with van der Waals surface area (Å²) in [6, 6.07) is 14.9. The van der Waals surface area contributed by atoms with Crippen LogP contribution in [0.5, 0.6) is 5.75 Å². The molecule has 1 N–H and O–H groups in total. The van der Waals surface area contributed by atoms with E-state index in [2.05, 4.69) is 4.99 Å². The minimum absolute atomic E-state index is 0.161. The molecule has 4 nitrogen and oxygen atoms in total. The number of fused-ring (bicyclic) bond motifs is 1. The fourth-order valence-electron chi connectivity index (χ4n) is 2.95. The summed E-state index contributed by atoms with van der Waals surface area (Å²) in [4.78, 5) is 18.7. The van der Waals surface area contributed by atoms with Gasteiger partial charge in [0, 0.05) is 23.7 Å². The standard InChI is InChI=1S/C19H14N2O2/c1-21-18(13-6-3-2-4-7-13)20-17(19(21)23)14-11-10-12-8-5-9-15(22)16(12)14/h2-11,22H,1H3/b17-14-. The van der Waals surface area contributed by atoms with Crippen LogP contribution in [0.15, 0.2) is 65.3 Å². The number of likely N-dealkylation sites (N-methyl/N-ethyl adjacent to an activating group) is 1. The molecule has 112 valence electrons. The van der Waals surface area contributed by atoms with Gasteiger partial charge in [-0.2, -0.15) is 0 Å². The number of aromatic hydroxyl groups is 1. The Morgan fingerprint density at radius 3 is 2.57 bits per heavy atom. The highest BCUT2D eigenvalue weighted by Gasteiger charge is 2.32. The Bertz CT molecular complexity index is 908. The molecule has 0 unspecified atom stereocenters. The fourth-order valence-corrected chi connectivity index (χ4v) is 2.95. The van der Waals surface area contributed by atoms with Crippen molar-refractivity contribution in [3.63, 3.8) is 0 Å². The van der Waals surface area contributed by atoms with E-state index in [1.807, 2.05) is 48.6 Å². The van der Waals surface area contributed by atoms with Gasteiger partial charge in [0.15, 0.2) is 0 Å². The fraction of sp³-hybridized carbons (Fsp3) is 0.0526. The highest BCUT2D eigenvalue weighted by molar-refractivity contribution is 6.22. The predicted molar refractivity (Wildman–Crippen MR) is 89.8 cm³/mol. The van der Waals surface area contributed by atoms with E-state index in [0.29, 0.717) is 22.7 Å². The molecular weight excluding hydrogens is 288 g/mol. The summed E-state index contributed by atoms with van der Waals surface area (Å²) in [6.07, 6.45) is 3.73. The van der Waals surface area contributed by atoms with E-state index in [0.717, 1.165) is 11.1 Å². The van der Waals surface area contributed by atoms with Crippen molar-refractivity contribution in [2.75, 3.05) is 7.05 Å². The van der Waals surface area contributed by atoms with Gasteiger partial charge in [0.25, 0.3) is 5.91 Å². The Balaban J connectivity index is 1.90. The first-order valence-corrected chi connectivity index (χ1v) is 7.33. The van der Waals surface area contributed by atoms with Gasteiger partial charge in [-0.1, -0.05) is 54.6 Å². The summed E-state index contributed by atoms with van der Waals surface area (Å²) in [6.45, 7) is 0. The number of amidine groups is 1. The molecule has 0 spiro atoms. The zero-order chi connectivity index (χ0) is 16.0. The highest BCUT2D eigenvalue weighted by Crippen LogP contribution is 2.39. The van der Waals surface area contributed by atoms with Gasteiger partial charge in [-0.25, -0.2) is 4.99 Å². The first-order valence-electron chi connectivity index (χ1n) is 7.33. The van der Waals surface area contributed by atoms with Crippen LogP contribution in [-0.4, -0.2) is 28.8 Å². The van der Waals surface area contributed by atoms with Crippen molar-refractivity contribution < 1.29 is 9.90 Å². The average molecular weight is 302 g/mol. The highest BCUT2D eigenvalue weighted by atomic mass is 16.3. The van der Waals surface area contributed by atoms with E-state index in [9.17, 15) is 9.90 Å². The van der Waals surface area contributed by atoms with Gasteiger partial charge in [0.1, 0.15) is 17.3 Å². The maximum absolute atomic E-state index is 12.6. The molecule has 2 aliphatic rings. The second kappa shape index (κ2) is 4.95. The minimum Gasteiger partial charge on any atom is -0.507 e. The van der Waals surface area contributed by atoms with Gasteiger partial charge in [-0.05, 0) is 11.6 Å². The number of amides is 1. The molecule has 0 saturated heterocycles. The second-order valence-corrected chi connectivity index (χ2v) is 5.50. The van der Waals surface area contributed by atoms with Crippen LogP contribution in [0.25, 0.3) is 11.6 Å². The number of allylic oxidation sites excluding steroid dienone is 2. The van der Waals surface area contributed by atoms with Crippen LogP contribution < -0.4 is 0 Å². The van der Waals surface area contributed by atoms with Gasteiger partial charge in [0.2, 0.25) is 0 Å². The minimum atomic E-state index is -0.167. The van der Waals surface area contributed by atoms with Crippen molar-refractivity contribution in [1.29, 1.82) is 0 Å². The van der Waals surface area contributed by atoms with Crippen molar-refractivity contribution in [3.8, 4) is 5.75 Å². The molecule has 1 heterocycles. The topological polar surface area (TPSA) is 52.9 Å². The zero-order valence-electron chi connectivity index (χ0n) is 12.5. The van der Waals surface area contributed by atoms with Gasteiger partial charge < -0.3 is 5.11 Å². The molecule has 0 atom stereocenters. The predicted octanol–water partition coefficient (Wildman–Crippen LogP) is 3.05. The number of hydrogen-bond acceptors (Lipinski definition) is 3. The number of phenolic OH excluding ortho intramolecular Hbond substituents is 1. The van der Waals surface area contributed by atoms with Crippen LogP contribution in [0.3, 0.4) is 0 Å². The molecule has 0 radical (unpaired) electrons. The van der Waals surface area contributed by atoms with Crippen LogP contribution in [0.1, 0.15) is 16.7 Å². The lowest BCUT2D eigenvalue weighted by Gasteiger charge is -2.11. The largest absolute Gasteiger partial charge is 0.507 e. The number of benzene rings is 2. The van der Waals surface area contributed by atoms with E-state index < -0.39 is 0 Å². The number of nitrogens with zero attached hydrogens (tertiary/aromatic N) is 2. The summed E-state index contributed by atoms with van der Waals surface area (Å²) >= 11 is 0. The van der Waals surface area contributed by atoms with Crippen LogP contribution in [0, 0.1) is 0 Å². The Morgan fingerprint density at radius 1 is 1.00 bits per heavy atom. The molecule has 0 aromatic heterocycles. The van der Waals surface area contributed by atoms with Gasteiger partial charge in [-0.3, -0.25) is 9.69 Å². The Hall–Kier alpha value is -3.14. The molecule has 1 aliphatic carbocycles. The lowest BCUT2D eigenvalue weighted by Crippen LogP contribution is -2.28. The molecule has 2 aromatic rings. The smallest absolute Gasteiger partial charge is 0.278 e. The van der Waals surface area contributed by atoms with Crippen LogP contribution >= 0.6 is 0 Å². The molecule has 23 heavy (non-hydrogen) atoms. The molecule has 4 heteroatoms. The summed E-state index contributed by atoms with van der Waals surface area (Å²) in [5.74, 6) is 0.615. The number of rotatable bonds is 1. The second-order valence-electron chi connectivity index (χ2n) is 5.50. The lowest BCUT2D eigenvalue weighted by molar-refractivity contribution is -0.121. The van der Waals surface area contributed by atoms with E-state index >= 15 is 0 Å². The van der Waals surface area contributed by atoms with Gasteiger partial charge in [-0.15, -0.1) is 0 Å². The van der Waals surface area contributed by atoms with Crippen molar-refractivity contribution in [2.45, 2.75) is 0 Å². The third kappa shape index (κ3) is 1.99. The van der Waals surface area contributed by atoms with E-state index in [-0.39, 0.29) is 11.7 Å². The van der Waals surface area contributed by atoms with Crippen LogP contribution in [0.4, 0.5) is 0 Å². The summed E-state index contributed by atoms with van der Waals surface area (Å²) in [5, 5.41) is 10.1. The van der Waals surface area contributed by atoms with E-state index in [1.165, 1.54) is 0 Å². The molecule has 0 bridgehead atoms. The third-order valence-electron chi connectivity index (χ3n) is 4.10. The number of phenols is 1. The molecule has 2 aromatic carbocycles. The number of hydrogen-bond donors (Lipinski definition) is 1. The number of carbonyl (C=O) groups is 1. The molecule has 1 aliphatic heterocycles. The molecule has 1 amide bonds. The normalized spacial score (nSPS) is 19.3. The maximum atomic E-state index is 12.6. The van der Waals surface area contributed by atoms with Gasteiger partial charge >= 0.3 is 0 Å². The molecule has 0 fully saturated rings. The third-order valence-corrected chi connectivity index (χ3v) is 4.10. The van der Waals surface area contributed by atoms with Crippen molar-refractivity contribution in [2.24, 2.45) is 4.99 Å². The van der Waals surface area contributed by atoms with Gasteiger partial charge in [0.05, 0.1) is 0 Å². The zero-order valence-corrected chi connectivity index (χ0v) is 12.5. The number of aliphatic imine (C=N–C) groups is 1. The Morgan fingerprint density at radius 2 is 1.78 bits per heavy atom. The molecule has 4 rings (SSSR count). The first-order chi connectivity index (χ1) is 11.2. The van der Waals surface area contributed by atoms with E-state index in [1.54, 1.807) is 24.1 Å². The molecular formula is C19H14N2O2. The summed E-state index contributed by atoms with van der Waals surface area (Å²) in [7, 11) is 1.71. The number of carbonyl (C=O) groups excluding carboxylic acids is 1. The van der Waals surface area contributed by atoms with Crippen molar-refractivity contribution in [1.82, 2.24) is 4.90 Å². The Labute approximate surface area is 133 Å². The summed E-state index contributed by atoms with van der Waals surface area (Å²) in [5.41, 5.74) is 3.48. The maximum Gasteiger partial charge on any atom is 0.278 e. The SMILES string of the molecule is CN1C(=O)/C(=C2\C=Cc3cccc(O)c32)N=C1c1ccccc1. The Kier molecular flexibility index (Phi) is 2.91. The quantitative estimate of drug-likeness (QED) is 0.823. The molecule has 0 saturated carbocycles. The monoisotopic (exact) mass is 302 g/mol. The van der Waals surface area contributed by atoms with Crippen molar-refractivity contribution >= 4 is 23.4 Å².